The number of thioether (sulfide) groups is 1. The molecule has 2 aromatic heterocycles. The Labute approximate surface area is 149 Å². The summed E-state index contributed by atoms with van der Waals surface area (Å²) in [5.41, 5.74) is 2.98. The van der Waals surface area contributed by atoms with Crippen molar-refractivity contribution in [1.29, 1.82) is 0 Å². The smallest absolute Gasteiger partial charge is 0.230 e. The lowest BCUT2D eigenvalue weighted by Gasteiger charge is -2.16. The molecular formula is C17H19N5O2S. The van der Waals surface area contributed by atoms with Crippen LogP contribution in [0.2, 0.25) is 0 Å². The van der Waals surface area contributed by atoms with E-state index < -0.39 is 0 Å². The number of aromatic nitrogens is 3. The number of carbonyl (C=O) groups excluding carboxylic acids is 2. The molecule has 2 amide bonds. The van der Waals surface area contributed by atoms with Gasteiger partial charge in [0, 0.05) is 43.3 Å². The van der Waals surface area contributed by atoms with Crippen molar-refractivity contribution in [2.45, 2.75) is 24.5 Å². The fourth-order valence-corrected chi connectivity index (χ4v) is 4.34. The summed E-state index contributed by atoms with van der Waals surface area (Å²) in [7, 11) is 1.84. The normalized spacial score (nSPS) is 19.3. The summed E-state index contributed by atoms with van der Waals surface area (Å²) in [6.45, 7) is 0.872. The number of hydrogen-bond donors (Lipinski definition) is 1. The van der Waals surface area contributed by atoms with E-state index in [0.29, 0.717) is 13.1 Å². The highest BCUT2D eigenvalue weighted by Crippen LogP contribution is 2.34. The number of anilines is 1. The van der Waals surface area contributed by atoms with E-state index in [1.807, 2.05) is 25.2 Å². The van der Waals surface area contributed by atoms with Gasteiger partial charge in [-0.05, 0) is 12.1 Å². The Balaban J connectivity index is 1.43. The third-order valence-electron chi connectivity index (χ3n) is 4.62. The fourth-order valence-electron chi connectivity index (χ4n) is 3.30. The van der Waals surface area contributed by atoms with Gasteiger partial charge < -0.3 is 10.2 Å². The van der Waals surface area contributed by atoms with E-state index in [9.17, 15) is 9.59 Å². The van der Waals surface area contributed by atoms with Crippen LogP contribution in [0.4, 0.5) is 5.82 Å². The maximum absolute atomic E-state index is 12.7. The first kappa shape index (κ1) is 16.1. The number of rotatable bonds is 4. The lowest BCUT2D eigenvalue weighted by molar-refractivity contribution is -0.128. The quantitative estimate of drug-likeness (QED) is 0.898. The third kappa shape index (κ3) is 3.13. The Morgan fingerprint density at radius 1 is 1.40 bits per heavy atom. The maximum atomic E-state index is 12.7. The summed E-state index contributed by atoms with van der Waals surface area (Å²) in [5.74, 6) is 2.07. The van der Waals surface area contributed by atoms with E-state index in [-0.39, 0.29) is 24.2 Å². The average Bonchev–Trinajstić information content (AvgIpc) is 3.27. The zero-order valence-corrected chi connectivity index (χ0v) is 14.8. The van der Waals surface area contributed by atoms with Crippen LogP contribution in [-0.2, 0) is 34.7 Å². The number of nitrogens with zero attached hydrogens (tertiary/aromatic N) is 4. The van der Waals surface area contributed by atoms with Gasteiger partial charge in [0.25, 0.3) is 0 Å². The van der Waals surface area contributed by atoms with Gasteiger partial charge >= 0.3 is 0 Å². The van der Waals surface area contributed by atoms with E-state index in [4.69, 9.17) is 0 Å². The van der Waals surface area contributed by atoms with Gasteiger partial charge in [-0.25, -0.2) is 0 Å². The Bertz CT molecular complexity index is 820. The number of fused-ring (bicyclic) bond motifs is 1. The van der Waals surface area contributed by atoms with Gasteiger partial charge in [-0.1, -0.05) is 6.07 Å². The molecule has 7 nitrogen and oxygen atoms in total. The van der Waals surface area contributed by atoms with Crippen molar-refractivity contribution in [2.75, 3.05) is 11.9 Å². The molecule has 0 saturated carbocycles. The molecular weight excluding hydrogens is 338 g/mol. The molecule has 2 aliphatic rings. The van der Waals surface area contributed by atoms with Crippen LogP contribution >= 0.6 is 11.8 Å². The molecule has 2 aromatic rings. The van der Waals surface area contributed by atoms with Crippen LogP contribution in [0.5, 0.6) is 0 Å². The molecule has 0 bridgehead atoms. The molecule has 4 heterocycles. The van der Waals surface area contributed by atoms with Gasteiger partial charge in [0.1, 0.15) is 5.82 Å². The molecule has 0 aliphatic carbocycles. The van der Waals surface area contributed by atoms with Crippen LogP contribution in [0.3, 0.4) is 0 Å². The van der Waals surface area contributed by atoms with Crippen molar-refractivity contribution >= 4 is 29.4 Å². The van der Waals surface area contributed by atoms with Crippen LogP contribution < -0.4 is 5.32 Å². The molecule has 0 spiro atoms. The highest BCUT2D eigenvalue weighted by Gasteiger charge is 2.35. The van der Waals surface area contributed by atoms with E-state index in [0.717, 1.165) is 34.3 Å². The van der Waals surface area contributed by atoms with Crippen molar-refractivity contribution in [1.82, 2.24) is 19.7 Å². The molecule has 25 heavy (non-hydrogen) atoms. The largest absolute Gasteiger partial charge is 0.336 e. The van der Waals surface area contributed by atoms with Crippen LogP contribution in [0.25, 0.3) is 0 Å². The highest BCUT2D eigenvalue weighted by atomic mass is 32.2. The summed E-state index contributed by atoms with van der Waals surface area (Å²) in [6.07, 6.45) is 1.95. The third-order valence-corrected chi connectivity index (χ3v) is 5.59. The number of hydrogen-bond acceptors (Lipinski definition) is 5. The Morgan fingerprint density at radius 2 is 2.28 bits per heavy atom. The Morgan fingerprint density at radius 3 is 3.08 bits per heavy atom. The molecule has 1 saturated heterocycles. The second-order valence-electron chi connectivity index (χ2n) is 6.38. The molecule has 1 unspecified atom stereocenters. The van der Waals surface area contributed by atoms with Crippen molar-refractivity contribution in [3.63, 3.8) is 0 Å². The van der Waals surface area contributed by atoms with Crippen molar-refractivity contribution in [3.05, 3.63) is 41.3 Å². The fraction of sp³-hybridized carbons (Fsp3) is 0.412. The number of aryl methyl sites for hydroxylation is 1. The van der Waals surface area contributed by atoms with Gasteiger partial charge in [0.15, 0.2) is 0 Å². The molecule has 1 fully saturated rings. The molecule has 4 rings (SSSR count). The monoisotopic (exact) mass is 357 g/mol. The summed E-state index contributed by atoms with van der Waals surface area (Å²) in [6, 6.07) is 5.63. The van der Waals surface area contributed by atoms with E-state index in [1.165, 1.54) is 0 Å². The van der Waals surface area contributed by atoms with E-state index in [1.54, 1.807) is 27.5 Å². The molecule has 1 N–H and O–H groups in total. The lowest BCUT2D eigenvalue weighted by Crippen LogP contribution is -2.29. The summed E-state index contributed by atoms with van der Waals surface area (Å²) >= 11 is 1.80. The van der Waals surface area contributed by atoms with Crippen molar-refractivity contribution in [2.24, 2.45) is 13.0 Å². The average molecular weight is 357 g/mol. The van der Waals surface area contributed by atoms with Gasteiger partial charge in [0.2, 0.25) is 11.8 Å². The number of carbonyl (C=O) groups is 2. The standard InChI is InChI=1S/C17H19N5O2S/c1-21-16(13-9-25-10-14(13)20-21)19-17(24)11-6-15(23)22(7-11)8-12-4-2-3-5-18-12/h2-5,11H,6-10H2,1H3,(H,19,24). The minimum absolute atomic E-state index is 0.00315. The van der Waals surface area contributed by atoms with Gasteiger partial charge in [-0.3, -0.25) is 19.3 Å². The van der Waals surface area contributed by atoms with Gasteiger partial charge in [0.05, 0.1) is 23.9 Å². The molecule has 0 aromatic carbocycles. The van der Waals surface area contributed by atoms with Gasteiger partial charge in [-0.15, -0.1) is 0 Å². The zero-order valence-electron chi connectivity index (χ0n) is 13.9. The van der Waals surface area contributed by atoms with Crippen LogP contribution in [0.1, 0.15) is 23.4 Å². The van der Waals surface area contributed by atoms with Crippen LogP contribution in [-0.4, -0.2) is 38.0 Å². The van der Waals surface area contributed by atoms with Crippen LogP contribution in [0, 0.1) is 5.92 Å². The number of amides is 2. The molecule has 130 valence electrons. The first-order chi connectivity index (χ1) is 12.1. The second kappa shape index (κ2) is 6.51. The van der Waals surface area contributed by atoms with Crippen molar-refractivity contribution < 1.29 is 9.59 Å². The van der Waals surface area contributed by atoms with E-state index in [2.05, 4.69) is 15.4 Å². The predicted molar refractivity (Wildman–Crippen MR) is 94.6 cm³/mol. The molecule has 1 atom stereocenters. The lowest BCUT2D eigenvalue weighted by atomic mass is 10.1. The first-order valence-electron chi connectivity index (χ1n) is 8.23. The van der Waals surface area contributed by atoms with Gasteiger partial charge in [-0.2, -0.15) is 16.9 Å². The van der Waals surface area contributed by atoms with E-state index >= 15 is 0 Å². The maximum Gasteiger partial charge on any atom is 0.230 e. The summed E-state index contributed by atoms with van der Waals surface area (Å²) in [4.78, 5) is 30.9. The Hall–Kier alpha value is -2.35. The number of nitrogens with one attached hydrogen (secondary N) is 1. The first-order valence-corrected chi connectivity index (χ1v) is 9.38. The van der Waals surface area contributed by atoms with Crippen molar-refractivity contribution in [3.8, 4) is 0 Å². The zero-order chi connectivity index (χ0) is 17.4. The predicted octanol–water partition coefficient (Wildman–Crippen LogP) is 1.55. The summed E-state index contributed by atoms with van der Waals surface area (Å²) < 4.78 is 1.73. The summed E-state index contributed by atoms with van der Waals surface area (Å²) in [5, 5.41) is 7.44. The SMILES string of the molecule is Cn1nc2c(c1NC(=O)C1CC(=O)N(Cc3ccccn3)C1)CSC2. The number of pyridine rings is 1. The Kier molecular flexibility index (Phi) is 4.20. The second-order valence-corrected chi connectivity index (χ2v) is 7.36. The highest BCUT2D eigenvalue weighted by molar-refractivity contribution is 7.98. The molecule has 0 radical (unpaired) electrons. The number of likely N-dealkylation sites (tertiary alicyclic amines) is 1. The molecule has 2 aliphatic heterocycles. The molecule has 8 heteroatoms. The minimum Gasteiger partial charge on any atom is -0.336 e. The minimum atomic E-state index is -0.337. The van der Waals surface area contributed by atoms with Crippen LogP contribution in [0.15, 0.2) is 24.4 Å². The topological polar surface area (TPSA) is 80.1 Å².